The fourth-order valence-electron chi connectivity index (χ4n) is 2.75. The highest BCUT2D eigenvalue weighted by Gasteiger charge is 2.37. The summed E-state index contributed by atoms with van der Waals surface area (Å²) >= 11 is 3.36. The fourth-order valence-corrected chi connectivity index (χ4v) is 3.11. The molecule has 0 spiro atoms. The van der Waals surface area contributed by atoms with Crippen molar-refractivity contribution in [2.24, 2.45) is 5.73 Å². The average Bonchev–Trinajstić information content (AvgIpc) is 2.39. The Balaban J connectivity index is 2.19. The number of hydrogen-bond acceptors (Lipinski definition) is 3. The molecule has 1 fully saturated rings. The third-order valence-electron chi connectivity index (χ3n) is 3.78. The van der Waals surface area contributed by atoms with Crippen LogP contribution in [0.4, 0.5) is 0 Å². The minimum Gasteiger partial charge on any atom is -0.388 e. The number of rotatable bonds is 3. The lowest BCUT2D eigenvalue weighted by molar-refractivity contribution is -0.125. The maximum atomic E-state index is 12.6. The molecule has 1 saturated heterocycles. The molecular formula is C15H19BrN2O3. The smallest absolute Gasteiger partial charge is 0.254 e. The highest BCUT2D eigenvalue weighted by atomic mass is 79.9. The first kappa shape index (κ1) is 16.0. The van der Waals surface area contributed by atoms with E-state index in [-0.39, 0.29) is 18.9 Å². The molecule has 1 aromatic carbocycles. The van der Waals surface area contributed by atoms with Gasteiger partial charge in [0, 0.05) is 16.6 Å². The fraction of sp³-hybridized carbons (Fsp3) is 0.467. The Bertz CT molecular complexity index is 576. The lowest BCUT2D eigenvalue weighted by Crippen LogP contribution is -2.52. The van der Waals surface area contributed by atoms with Gasteiger partial charge in [0.05, 0.1) is 18.6 Å². The molecule has 0 saturated carbocycles. The van der Waals surface area contributed by atoms with Crippen LogP contribution in [0.3, 0.4) is 0 Å². The molecule has 1 aromatic rings. The summed E-state index contributed by atoms with van der Waals surface area (Å²) in [6.45, 7) is 2.59. The van der Waals surface area contributed by atoms with Gasteiger partial charge >= 0.3 is 0 Å². The first-order valence-electron chi connectivity index (χ1n) is 6.87. The number of carbonyl (C=O) groups is 2. The van der Waals surface area contributed by atoms with Crippen molar-refractivity contribution in [1.29, 1.82) is 0 Å². The molecule has 1 aliphatic heterocycles. The molecule has 2 amide bonds. The number of nitrogens with two attached hydrogens (primary N) is 1. The van der Waals surface area contributed by atoms with E-state index in [4.69, 9.17) is 5.73 Å². The zero-order valence-corrected chi connectivity index (χ0v) is 13.5. The summed E-state index contributed by atoms with van der Waals surface area (Å²) in [4.78, 5) is 25.3. The minimum absolute atomic E-state index is 0.117. The van der Waals surface area contributed by atoms with Crippen molar-refractivity contribution in [3.05, 3.63) is 33.8 Å². The molecular weight excluding hydrogens is 336 g/mol. The second-order valence-corrected chi connectivity index (χ2v) is 6.57. The number of carbonyl (C=O) groups excluding carboxylic acids is 2. The summed E-state index contributed by atoms with van der Waals surface area (Å²) in [6, 6.07) is 5.53. The van der Waals surface area contributed by atoms with E-state index in [1.807, 2.05) is 19.1 Å². The molecule has 0 aromatic heterocycles. The Hall–Kier alpha value is -1.40. The van der Waals surface area contributed by atoms with Crippen molar-refractivity contribution in [2.75, 3.05) is 13.1 Å². The number of hydrogen-bond donors (Lipinski definition) is 2. The van der Waals surface area contributed by atoms with Crippen LogP contribution in [-0.4, -0.2) is 40.5 Å². The number of piperidine rings is 1. The number of likely N-dealkylation sites (tertiary alicyclic amines) is 1. The molecule has 0 bridgehead atoms. The van der Waals surface area contributed by atoms with E-state index in [1.54, 1.807) is 11.0 Å². The van der Waals surface area contributed by atoms with E-state index < -0.39 is 11.5 Å². The quantitative estimate of drug-likeness (QED) is 0.864. The van der Waals surface area contributed by atoms with Crippen LogP contribution in [0.1, 0.15) is 35.2 Å². The molecule has 1 unspecified atom stereocenters. The molecule has 21 heavy (non-hydrogen) atoms. The predicted octanol–water partition coefficient (Wildman–Crippen LogP) is 1.60. The van der Waals surface area contributed by atoms with Gasteiger partial charge in [-0.2, -0.15) is 0 Å². The lowest BCUT2D eigenvalue weighted by Gasteiger charge is -2.38. The molecule has 6 heteroatoms. The average molecular weight is 355 g/mol. The normalized spacial score (nSPS) is 22.1. The second-order valence-electron chi connectivity index (χ2n) is 5.66. The van der Waals surface area contributed by atoms with E-state index in [9.17, 15) is 14.7 Å². The van der Waals surface area contributed by atoms with Crippen LogP contribution < -0.4 is 5.73 Å². The van der Waals surface area contributed by atoms with Crippen LogP contribution in [0, 0.1) is 6.92 Å². The molecule has 0 aliphatic carbocycles. The third-order valence-corrected chi connectivity index (χ3v) is 4.27. The minimum atomic E-state index is -1.21. The van der Waals surface area contributed by atoms with Crippen LogP contribution >= 0.6 is 15.9 Å². The SMILES string of the molecule is Cc1ccc(Br)cc1C(=O)N1CCCC(O)(CC(N)=O)C1. The zero-order valence-electron chi connectivity index (χ0n) is 11.9. The summed E-state index contributed by atoms with van der Waals surface area (Å²) in [5.41, 5.74) is 5.45. The van der Waals surface area contributed by atoms with E-state index in [2.05, 4.69) is 15.9 Å². The summed E-state index contributed by atoms with van der Waals surface area (Å²) in [5, 5.41) is 10.4. The van der Waals surface area contributed by atoms with Crippen molar-refractivity contribution >= 4 is 27.7 Å². The Kier molecular flexibility index (Phi) is 4.68. The number of nitrogens with zero attached hydrogens (tertiary/aromatic N) is 1. The van der Waals surface area contributed by atoms with Crippen molar-refractivity contribution < 1.29 is 14.7 Å². The Morgan fingerprint density at radius 2 is 2.19 bits per heavy atom. The standard InChI is InChI=1S/C15H19BrN2O3/c1-10-3-4-11(16)7-12(10)14(20)18-6-2-5-15(21,9-18)8-13(17)19/h3-4,7,21H,2,5-6,8-9H2,1H3,(H2,17,19). The number of benzene rings is 1. The van der Waals surface area contributed by atoms with Gasteiger partial charge in [0.2, 0.25) is 5.91 Å². The van der Waals surface area contributed by atoms with Gasteiger partial charge in [-0.3, -0.25) is 9.59 Å². The van der Waals surface area contributed by atoms with Gasteiger partial charge in [-0.05, 0) is 37.5 Å². The third kappa shape index (κ3) is 3.83. The zero-order chi connectivity index (χ0) is 15.6. The van der Waals surface area contributed by atoms with Crippen molar-refractivity contribution in [2.45, 2.75) is 31.8 Å². The summed E-state index contributed by atoms with van der Waals surface area (Å²) in [5.74, 6) is -0.679. The van der Waals surface area contributed by atoms with Crippen LogP contribution in [0.25, 0.3) is 0 Å². The molecule has 3 N–H and O–H groups in total. The molecule has 5 nitrogen and oxygen atoms in total. The van der Waals surface area contributed by atoms with Crippen LogP contribution in [0.5, 0.6) is 0 Å². The largest absolute Gasteiger partial charge is 0.388 e. The topological polar surface area (TPSA) is 83.6 Å². The monoisotopic (exact) mass is 354 g/mol. The highest BCUT2D eigenvalue weighted by Crippen LogP contribution is 2.26. The number of primary amides is 1. The number of halogens is 1. The molecule has 1 heterocycles. The summed E-state index contributed by atoms with van der Waals surface area (Å²) < 4.78 is 0.834. The Morgan fingerprint density at radius 1 is 1.48 bits per heavy atom. The van der Waals surface area contributed by atoms with Gasteiger partial charge in [0.15, 0.2) is 0 Å². The molecule has 2 rings (SSSR count). The number of amides is 2. The number of aliphatic hydroxyl groups is 1. The first-order chi connectivity index (χ1) is 9.81. The van der Waals surface area contributed by atoms with E-state index in [0.717, 1.165) is 10.0 Å². The summed E-state index contributed by atoms with van der Waals surface area (Å²) in [7, 11) is 0. The van der Waals surface area contributed by atoms with E-state index in [1.165, 1.54) is 0 Å². The molecule has 114 valence electrons. The van der Waals surface area contributed by atoms with Gasteiger partial charge in [-0.25, -0.2) is 0 Å². The van der Waals surface area contributed by atoms with Crippen molar-refractivity contribution in [3.63, 3.8) is 0 Å². The van der Waals surface area contributed by atoms with Crippen molar-refractivity contribution in [1.82, 2.24) is 4.90 Å². The number of β-amino-alcohol motifs (C(OH)–C–C–N with tert-alkyl or cyclic N) is 1. The molecule has 1 atom stereocenters. The highest BCUT2D eigenvalue weighted by molar-refractivity contribution is 9.10. The Labute approximate surface area is 132 Å². The lowest BCUT2D eigenvalue weighted by atomic mass is 9.89. The van der Waals surface area contributed by atoms with Crippen LogP contribution in [0.2, 0.25) is 0 Å². The van der Waals surface area contributed by atoms with Crippen LogP contribution in [-0.2, 0) is 4.79 Å². The first-order valence-corrected chi connectivity index (χ1v) is 7.66. The van der Waals surface area contributed by atoms with E-state index >= 15 is 0 Å². The maximum absolute atomic E-state index is 12.6. The van der Waals surface area contributed by atoms with Gasteiger partial charge in [-0.15, -0.1) is 0 Å². The predicted molar refractivity (Wildman–Crippen MR) is 82.8 cm³/mol. The maximum Gasteiger partial charge on any atom is 0.254 e. The van der Waals surface area contributed by atoms with E-state index in [0.29, 0.717) is 24.9 Å². The van der Waals surface area contributed by atoms with Gasteiger partial charge in [0.1, 0.15) is 0 Å². The molecule has 1 aliphatic rings. The van der Waals surface area contributed by atoms with Crippen LogP contribution in [0.15, 0.2) is 22.7 Å². The second kappa shape index (κ2) is 6.15. The Morgan fingerprint density at radius 3 is 2.86 bits per heavy atom. The van der Waals surface area contributed by atoms with Gasteiger partial charge in [0.25, 0.3) is 5.91 Å². The number of aryl methyl sites for hydroxylation is 1. The van der Waals surface area contributed by atoms with Crippen molar-refractivity contribution in [3.8, 4) is 0 Å². The molecule has 0 radical (unpaired) electrons. The summed E-state index contributed by atoms with van der Waals surface area (Å²) in [6.07, 6.45) is 1.02. The van der Waals surface area contributed by atoms with Gasteiger partial charge < -0.3 is 15.7 Å². The van der Waals surface area contributed by atoms with Gasteiger partial charge in [-0.1, -0.05) is 22.0 Å².